The molecule has 1 saturated heterocycles. The zero-order valence-corrected chi connectivity index (χ0v) is 18.7. The van der Waals surface area contributed by atoms with Crippen LogP contribution in [0.1, 0.15) is 28.9 Å². The fourth-order valence-electron chi connectivity index (χ4n) is 4.55. The van der Waals surface area contributed by atoms with Crippen LogP contribution in [0.25, 0.3) is 22.0 Å². The Balaban J connectivity index is 0.00000126. The minimum atomic E-state index is -0.615. The van der Waals surface area contributed by atoms with Gasteiger partial charge in [0.05, 0.1) is 23.9 Å². The average Bonchev–Trinajstić information content (AvgIpc) is 3.52. The van der Waals surface area contributed by atoms with Gasteiger partial charge < -0.3 is 20.1 Å². The summed E-state index contributed by atoms with van der Waals surface area (Å²) in [6.07, 6.45) is 5.14. The van der Waals surface area contributed by atoms with E-state index in [-0.39, 0.29) is 11.9 Å². The summed E-state index contributed by atoms with van der Waals surface area (Å²) in [5.74, 6) is -0.0120. The summed E-state index contributed by atoms with van der Waals surface area (Å²) in [4.78, 5) is 22.5. The van der Waals surface area contributed by atoms with Gasteiger partial charge in [-0.15, -0.1) is 0 Å². The molecular weight excluding hydrogens is 414 g/mol. The molecule has 6 nitrogen and oxygen atoms in total. The molecule has 2 aromatic heterocycles. The molecule has 0 radical (unpaired) electrons. The maximum Gasteiger partial charge on any atom is 0.254 e. The number of nitrogens with one attached hydrogen (secondary N) is 1. The Labute approximate surface area is 193 Å². The monoisotopic (exact) mass is 443 g/mol. The zero-order chi connectivity index (χ0) is 23.2. The highest BCUT2D eigenvalue weighted by Gasteiger charge is 2.34. The minimum absolute atomic E-state index is 0.0120. The first-order valence-corrected chi connectivity index (χ1v) is 11.2. The van der Waals surface area contributed by atoms with E-state index in [1.165, 1.54) is 0 Å². The lowest BCUT2D eigenvalue weighted by Crippen LogP contribution is -2.43. The first-order chi connectivity index (χ1) is 16.2. The number of carbonyl (C=O) groups excluding carboxylic acids is 1. The molecule has 0 aliphatic carbocycles. The van der Waals surface area contributed by atoms with Gasteiger partial charge in [0.1, 0.15) is 0 Å². The van der Waals surface area contributed by atoms with E-state index in [0.717, 1.165) is 47.7 Å². The second-order valence-corrected chi connectivity index (χ2v) is 8.18. The molecular formula is C27H29N3O3. The fraction of sp³-hybridized carbons (Fsp3) is 0.259. The van der Waals surface area contributed by atoms with Gasteiger partial charge in [0.2, 0.25) is 0 Å². The van der Waals surface area contributed by atoms with Crippen molar-refractivity contribution in [2.75, 3.05) is 13.7 Å². The number of aromatic nitrogens is 2. The van der Waals surface area contributed by atoms with Gasteiger partial charge in [-0.25, -0.2) is 0 Å². The van der Waals surface area contributed by atoms with Crippen LogP contribution in [-0.2, 0) is 6.42 Å². The van der Waals surface area contributed by atoms with Gasteiger partial charge in [0.15, 0.2) is 0 Å². The van der Waals surface area contributed by atoms with Crippen LogP contribution in [0.3, 0.4) is 0 Å². The van der Waals surface area contributed by atoms with E-state index in [4.69, 9.17) is 5.11 Å². The lowest BCUT2D eigenvalue weighted by Gasteiger charge is -2.28. The molecule has 1 aliphatic heterocycles. The third-order valence-electron chi connectivity index (χ3n) is 6.15. The maximum atomic E-state index is 13.2. The van der Waals surface area contributed by atoms with E-state index in [2.05, 4.69) is 22.1 Å². The van der Waals surface area contributed by atoms with E-state index in [1.807, 2.05) is 59.5 Å². The number of hydrogen-bond donors (Lipinski definition) is 3. The summed E-state index contributed by atoms with van der Waals surface area (Å²) in [6, 6.07) is 21.7. The van der Waals surface area contributed by atoms with E-state index in [9.17, 15) is 9.90 Å². The highest BCUT2D eigenvalue weighted by molar-refractivity contribution is 5.95. The van der Waals surface area contributed by atoms with Crippen LogP contribution in [0.15, 0.2) is 79.1 Å². The number of rotatable bonds is 5. The Morgan fingerprint density at radius 2 is 1.82 bits per heavy atom. The molecule has 4 aromatic rings. The first-order valence-electron chi connectivity index (χ1n) is 11.2. The fourth-order valence-corrected chi connectivity index (χ4v) is 4.55. The van der Waals surface area contributed by atoms with Crippen molar-refractivity contribution in [2.45, 2.75) is 31.4 Å². The van der Waals surface area contributed by atoms with E-state index < -0.39 is 6.10 Å². The first kappa shape index (κ1) is 22.7. The summed E-state index contributed by atoms with van der Waals surface area (Å²) >= 11 is 0. The molecule has 2 unspecified atom stereocenters. The molecule has 2 aromatic carbocycles. The summed E-state index contributed by atoms with van der Waals surface area (Å²) in [7, 11) is 1.00. The van der Waals surface area contributed by atoms with Crippen LogP contribution >= 0.6 is 0 Å². The molecule has 0 saturated carbocycles. The van der Waals surface area contributed by atoms with E-state index in [1.54, 1.807) is 12.4 Å². The van der Waals surface area contributed by atoms with Gasteiger partial charge in [0.25, 0.3) is 5.91 Å². The largest absolute Gasteiger partial charge is 0.400 e. The molecule has 3 heterocycles. The SMILES string of the molecule is CO.O=C(c1ccc(-c2ccccc2)cc1)N1CCCC1C(O)Cc1cc2ccncc2[nH]1. The molecule has 1 fully saturated rings. The van der Waals surface area contributed by atoms with Crippen LogP contribution in [0.4, 0.5) is 0 Å². The third kappa shape index (κ3) is 4.97. The Morgan fingerprint density at radius 1 is 1.09 bits per heavy atom. The van der Waals surface area contributed by atoms with Crippen molar-refractivity contribution in [1.29, 1.82) is 0 Å². The average molecular weight is 444 g/mol. The molecule has 0 spiro atoms. The number of H-pyrrole nitrogens is 1. The number of likely N-dealkylation sites (tertiary alicyclic amines) is 1. The lowest BCUT2D eigenvalue weighted by molar-refractivity contribution is 0.0488. The Morgan fingerprint density at radius 3 is 2.55 bits per heavy atom. The number of benzene rings is 2. The van der Waals surface area contributed by atoms with Crippen LogP contribution in [0.2, 0.25) is 0 Å². The molecule has 170 valence electrons. The molecule has 2 atom stereocenters. The molecule has 5 rings (SSSR count). The summed E-state index contributed by atoms with van der Waals surface area (Å²) < 4.78 is 0. The van der Waals surface area contributed by atoms with Gasteiger partial charge in [-0.1, -0.05) is 42.5 Å². The number of aliphatic hydroxyl groups excluding tert-OH is 2. The molecule has 33 heavy (non-hydrogen) atoms. The number of nitrogens with zero attached hydrogens (tertiary/aromatic N) is 2. The van der Waals surface area contributed by atoms with Crippen molar-refractivity contribution in [2.24, 2.45) is 0 Å². The maximum absolute atomic E-state index is 13.2. The van der Waals surface area contributed by atoms with Crippen LogP contribution in [-0.4, -0.2) is 56.8 Å². The van der Waals surface area contributed by atoms with E-state index >= 15 is 0 Å². The number of aliphatic hydroxyl groups is 2. The highest BCUT2D eigenvalue weighted by Crippen LogP contribution is 2.26. The Bertz CT molecular complexity index is 1160. The summed E-state index contributed by atoms with van der Waals surface area (Å²) in [6.45, 7) is 0.678. The van der Waals surface area contributed by atoms with Gasteiger partial charge in [-0.05, 0) is 48.2 Å². The zero-order valence-electron chi connectivity index (χ0n) is 18.7. The number of carbonyl (C=O) groups is 1. The lowest BCUT2D eigenvalue weighted by atomic mass is 10.0. The van der Waals surface area contributed by atoms with Gasteiger partial charge in [0, 0.05) is 42.9 Å². The molecule has 1 amide bonds. The van der Waals surface area contributed by atoms with Crippen molar-refractivity contribution in [1.82, 2.24) is 14.9 Å². The smallest absolute Gasteiger partial charge is 0.254 e. The number of amides is 1. The Hall–Kier alpha value is -3.48. The number of pyridine rings is 1. The van der Waals surface area contributed by atoms with Crippen LogP contribution < -0.4 is 0 Å². The number of aromatic amines is 1. The highest BCUT2D eigenvalue weighted by atomic mass is 16.3. The van der Waals surface area contributed by atoms with Gasteiger partial charge in [-0.2, -0.15) is 0 Å². The molecule has 3 N–H and O–H groups in total. The predicted octanol–water partition coefficient (Wildman–Crippen LogP) is 4.05. The van der Waals surface area contributed by atoms with Crippen molar-refractivity contribution >= 4 is 16.8 Å². The quantitative estimate of drug-likeness (QED) is 0.434. The number of fused-ring (bicyclic) bond motifs is 1. The third-order valence-corrected chi connectivity index (χ3v) is 6.15. The second-order valence-electron chi connectivity index (χ2n) is 8.18. The Kier molecular flexibility index (Phi) is 7.17. The second kappa shape index (κ2) is 10.4. The molecule has 1 aliphatic rings. The van der Waals surface area contributed by atoms with Gasteiger partial charge >= 0.3 is 0 Å². The molecule has 0 bridgehead atoms. The molecule has 6 heteroatoms. The summed E-state index contributed by atoms with van der Waals surface area (Å²) in [5.41, 5.74) is 4.80. The number of hydrogen-bond acceptors (Lipinski definition) is 4. The van der Waals surface area contributed by atoms with Crippen LogP contribution in [0, 0.1) is 0 Å². The predicted molar refractivity (Wildman–Crippen MR) is 130 cm³/mol. The van der Waals surface area contributed by atoms with Crippen LogP contribution in [0.5, 0.6) is 0 Å². The van der Waals surface area contributed by atoms with Crippen molar-refractivity contribution < 1.29 is 15.0 Å². The topological polar surface area (TPSA) is 89.4 Å². The minimum Gasteiger partial charge on any atom is -0.400 e. The van der Waals surface area contributed by atoms with Crippen molar-refractivity contribution in [3.63, 3.8) is 0 Å². The van der Waals surface area contributed by atoms with Gasteiger partial charge in [-0.3, -0.25) is 9.78 Å². The summed E-state index contributed by atoms with van der Waals surface area (Å²) in [5, 5.41) is 19.0. The van der Waals surface area contributed by atoms with Crippen molar-refractivity contribution in [3.8, 4) is 11.1 Å². The van der Waals surface area contributed by atoms with Crippen molar-refractivity contribution in [3.05, 3.63) is 90.4 Å². The normalized spacial score (nSPS) is 16.3. The van der Waals surface area contributed by atoms with E-state index in [0.29, 0.717) is 18.5 Å². The standard InChI is InChI=1S/C26H25N3O2.CH4O/c30-25(16-22-15-21-12-13-27-17-23(21)28-22)24-7-4-14-29(24)26(31)20-10-8-19(9-11-20)18-5-2-1-3-6-18;1-2/h1-3,5-6,8-13,15,17,24-25,28,30H,4,7,14,16H2;2H,1H3.